The maximum absolute atomic E-state index is 5.37. The van der Waals surface area contributed by atoms with Crippen molar-refractivity contribution < 1.29 is 16.5 Å². The van der Waals surface area contributed by atoms with Crippen LogP contribution in [0.5, 0.6) is 0 Å². The van der Waals surface area contributed by atoms with Gasteiger partial charge in [0.25, 0.3) is 0 Å². The van der Waals surface area contributed by atoms with Crippen LogP contribution in [0.2, 0.25) is 0 Å². The summed E-state index contributed by atoms with van der Waals surface area (Å²) in [6, 6.07) is 15.8. The minimum atomic E-state index is 0. The number of hydrogen-bond acceptors (Lipinski definition) is 2. The molecule has 0 saturated carbocycles. The van der Waals surface area contributed by atoms with Gasteiger partial charge in [-0.3, -0.25) is 9.98 Å². The van der Waals surface area contributed by atoms with E-state index in [4.69, 9.17) is 9.98 Å². The Balaban J connectivity index is 0.00000840. The summed E-state index contributed by atoms with van der Waals surface area (Å²) in [5.41, 5.74) is 8.99. The van der Waals surface area contributed by atoms with Gasteiger partial charge in [-0.25, -0.2) is 0 Å². The molecule has 0 spiro atoms. The molecule has 0 saturated heterocycles. The van der Waals surface area contributed by atoms with Crippen LogP contribution in [0.1, 0.15) is 141 Å². The number of hydrogen-bond donors (Lipinski definition) is 0. The molecule has 0 aliphatic carbocycles. The van der Waals surface area contributed by atoms with Crippen molar-refractivity contribution >= 4 is 22.8 Å². The average molecular weight is 602 g/mol. The normalized spacial score (nSPS) is 12.2. The number of unbranched alkanes of at least 4 members (excludes halogenated alkanes) is 6. The Kier molecular flexibility index (Phi) is 21.3. The van der Waals surface area contributed by atoms with E-state index in [1.807, 2.05) is 0 Å². The van der Waals surface area contributed by atoms with Gasteiger partial charge in [-0.05, 0) is 112 Å². The van der Waals surface area contributed by atoms with Crippen LogP contribution in [-0.4, -0.2) is 11.4 Å². The Hall–Kier alpha value is -1.99. The molecule has 3 heteroatoms. The summed E-state index contributed by atoms with van der Waals surface area (Å²) in [5, 5.41) is 0. The van der Waals surface area contributed by atoms with Gasteiger partial charge >= 0.3 is 0 Å². The third kappa shape index (κ3) is 14.6. The van der Waals surface area contributed by atoms with Gasteiger partial charge in [0.15, 0.2) is 0 Å². The van der Waals surface area contributed by atoms with Crippen LogP contribution in [0.4, 0.5) is 11.4 Å². The summed E-state index contributed by atoms with van der Waals surface area (Å²) in [6.45, 7) is 11.4. The van der Waals surface area contributed by atoms with E-state index in [2.05, 4.69) is 89.2 Å². The van der Waals surface area contributed by atoms with Crippen molar-refractivity contribution in [3.05, 3.63) is 71.3 Å². The predicted octanol–water partition coefficient (Wildman–Crippen LogP) is 12.3. The Labute approximate surface area is 263 Å². The van der Waals surface area contributed by atoms with Gasteiger partial charge in [-0.2, -0.15) is 0 Å². The first-order valence-corrected chi connectivity index (χ1v) is 16.7. The number of aliphatic imine (C=N–C) groups is 2. The van der Waals surface area contributed by atoms with E-state index >= 15 is 0 Å². The second-order valence-corrected chi connectivity index (χ2v) is 11.3. The van der Waals surface area contributed by atoms with Crippen molar-refractivity contribution in [3.8, 4) is 0 Å². The van der Waals surface area contributed by atoms with Crippen molar-refractivity contribution in [1.82, 2.24) is 0 Å². The molecule has 0 unspecified atom stereocenters. The summed E-state index contributed by atoms with van der Waals surface area (Å²) in [5.74, 6) is 0. The molecule has 0 fully saturated rings. The molecule has 0 bridgehead atoms. The zero-order chi connectivity index (χ0) is 28.8. The number of para-hydroxylation sites is 1. The summed E-state index contributed by atoms with van der Waals surface area (Å²) >= 11 is 0. The molecule has 0 aliphatic heterocycles. The van der Waals surface area contributed by atoms with E-state index in [-0.39, 0.29) is 16.5 Å². The number of aryl methyl sites for hydroxylation is 3. The van der Waals surface area contributed by atoms with Crippen LogP contribution in [0.15, 0.2) is 64.6 Å². The van der Waals surface area contributed by atoms with Gasteiger partial charge in [0.2, 0.25) is 0 Å². The molecule has 2 aromatic rings. The van der Waals surface area contributed by atoms with Gasteiger partial charge in [0, 0.05) is 16.5 Å². The standard InChI is InChI=1S/C38H58N2.Ni/c1-6-11-16-17-18-19-24-33-25-20-21-28-36(33)40-38(27-15-10-5)37(26-14-9-4)39-35-30-29-32(22-12-7-2)34(31-35)23-13-8-3;/h16-17,20-21,25,28-31H,6-15,18-19,22-24,26-27H2,1-5H3;. The first kappa shape index (κ1) is 37.0. The fourth-order valence-corrected chi connectivity index (χ4v) is 5.06. The van der Waals surface area contributed by atoms with Crippen LogP contribution in [0.25, 0.3) is 0 Å². The molecule has 2 aromatic carbocycles. The summed E-state index contributed by atoms with van der Waals surface area (Å²) in [6.07, 6.45) is 24.3. The summed E-state index contributed by atoms with van der Waals surface area (Å²) in [7, 11) is 0. The van der Waals surface area contributed by atoms with E-state index in [0.29, 0.717) is 0 Å². The largest absolute Gasteiger partial charge is 0.252 e. The SMILES string of the molecule is CCCC=CCCCc1ccccc1N=C(CCCC)C(CCCC)=Nc1ccc(CCCC)c(CCCC)c1.[Ni]. The topological polar surface area (TPSA) is 24.7 Å². The summed E-state index contributed by atoms with van der Waals surface area (Å²) < 4.78 is 0. The first-order chi connectivity index (χ1) is 19.7. The van der Waals surface area contributed by atoms with Crippen LogP contribution < -0.4 is 0 Å². The second-order valence-electron chi connectivity index (χ2n) is 11.3. The molecular formula is C38H58N2Ni. The van der Waals surface area contributed by atoms with Crippen molar-refractivity contribution in [2.45, 2.75) is 144 Å². The molecule has 2 nitrogen and oxygen atoms in total. The molecule has 2 rings (SSSR count). The third-order valence-corrected chi connectivity index (χ3v) is 7.61. The maximum Gasteiger partial charge on any atom is 0.0665 e. The molecule has 0 radical (unpaired) electrons. The van der Waals surface area contributed by atoms with Gasteiger partial charge in [-0.1, -0.05) is 103 Å². The maximum atomic E-state index is 5.37. The zero-order valence-corrected chi connectivity index (χ0v) is 27.9. The first-order valence-electron chi connectivity index (χ1n) is 16.7. The van der Waals surface area contributed by atoms with E-state index in [0.717, 1.165) is 56.3 Å². The molecule has 0 aliphatic rings. The second kappa shape index (κ2) is 23.6. The third-order valence-electron chi connectivity index (χ3n) is 7.61. The molecular weight excluding hydrogens is 543 g/mol. The Bertz CT molecular complexity index is 1050. The summed E-state index contributed by atoms with van der Waals surface area (Å²) in [4.78, 5) is 10.7. The molecule has 0 heterocycles. The van der Waals surface area contributed by atoms with Crippen molar-refractivity contribution in [2.24, 2.45) is 9.98 Å². The van der Waals surface area contributed by atoms with Crippen molar-refractivity contribution in [1.29, 1.82) is 0 Å². The van der Waals surface area contributed by atoms with Gasteiger partial charge < -0.3 is 0 Å². The van der Waals surface area contributed by atoms with Gasteiger partial charge in [0.05, 0.1) is 22.8 Å². The number of allylic oxidation sites excluding steroid dienone is 2. The van der Waals surface area contributed by atoms with E-state index < -0.39 is 0 Å². The van der Waals surface area contributed by atoms with E-state index in [1.165, 1.54) is 92.3 Å². The molecule has 0 N–H and O–H groups in total. The minimum absolute atomic E-state index is 0. The van der Waals surface area contributed by atoms with Gasteiger partial charge in [-0.15, -0.1) is 0 Å². The number of rotatable bonds is 21. The van der Waals surface area contributed by atoms with Crippen LogP contribution >= 0.6 is 0 Å². The van der Waals surface area contributed by atoms with Crippen molar-refractivity contribution in [3.63, 3.8) is 0 Å². The Morgan fingerprint density at radius 1 is 0.561 bits per heavy atom. The van der Waals surface area contributed by atoms with Crippen LogP contribution in [0.3, 0.4) is 0 Å². The smallest absolute Gasteiger partial charge is 0.0665 e. The monoisotopic (exact) mass is 600 g/mol. The molecule has 0 aromatic heterocycles. The zero-order valence-electron chi connectivity index (χ0n) is 26.9. The van der Waals surface area contributed by atoms with Gasteiger partial charge in [0.1, 0.15) is 0 Å². The number of benzene rings is 2. The molecule has 0 amide bonds. The van der Waals surface area contributed by atoms with E-state index in [1.54, 1.807) is 0 Å². The van der Waals surface area contributed by atoms with Crippen LogP contribution in [-0.2, 0) is 35.8 Å². The fourth-order valence-electron chi connectivity index (χ4n) is 5.06. The average Bonchev–Trinajstić information content (AvgIpc) is 2.98. The van der Waals surface area contributed by atoms with Crippen molar-refractivity contribution in [2.75, 3.05) is 0 Å². The Morgan fingerprint density at radius 3 is 1.80 bits per heavy atom. The van der Waals surface area contributed by atoms with E-state index in [9.17, 15) is 0 Å². The molecule has 41 heavy (non-hydrogen) atoms. The number of nitrogens with zero attached hydrogens (tertiary/aromatic N) is 2. The Morgan fingerprint density at radius 2 is 1.15 bits per heavy atom. The van der Waals surface area contributed by atoms with Crippen LogP contribution in [0, 0.1) is 0 Å². The predicted molar refractivity (Wildman–Crippen MR) is 180 cm³/mol. The quantitative estimate of drug-likeness (QED) is 0.0589. The molecule has 230 valence electrons. The fraction of sp³-hybridized carbons (Fsp3) is 0.579. The minimum Gasteiger partial charge on any atom is -0.252 e. The molecule has 0 atom stereocenters.